The summed E-state index contributed by atoms with van der Waals surface area (Å²) in [6.07, 6.45) is 1.64. The van der Waals surface area contributed by atoms with Gasteiger partial charge in [0, 0.05) is 7.05 Å². The predicted molar refractivity (Wildman–Crippen MR) is 110 cm³/mol. The summed E-state index contributed by atoms with van der Waals surface area (Å²) >= 11 is 0.814. The lowest BCUT2D eigenvalue weighted by Crippen LogP contribution is -2.18. The van der Waals surface area contributed by atoms with E-state index in [1.54, 1.807) is 11.7 Å². The molecule has 0 bridgehead atoms. The van der Waals surface area contributed by atoms with Crippen molar-refractivity contribution in [2.24, 2.45) is 7.05 Å². The van der Waals surface area contributed by atoms with Gasteiger partial charge in [-0.25, -0.2) is 18.2 Å². The fraction of sp³-hybridized carbons (Fsp3) is 0.350. The van der Waals surface area contributed by atoms with Crippen LogP contribution in [0.4, 0.5) is 23.9 Å². The van der Waals surface area contributed by atoms with Crippen LogP contribution in [-0.4, -0.2) is 33.5 Å². The first-order valence-electron chi connectivity index (χ1n) is 9.64. The number of nitrogens with one attached hydrogen (secondary N) is 1. The number of nitrogen functional groups attached to an aromatic ring is 1. The van der Waals surface area contributed by atoms with Gasteiger partial charge >= 0.3 is 0 Å². The van der Waals surface area contributed by atoms with E-state index in [4.69, 9.17) is 10.5 Å². The van der Waals surface area contributed by atoms with Crippen LogP contribution in [0.1, 0.15) is 41.5 Å². The maximum absolute atomic E-state index is 14.1. The van der Waals surface area contributed by atoms with E-state index in [1.807, 2.05) is 0 Å². The standard InChI is InChI=1S/C20H20F3N5O2S/c1-28-17(14-7-2-4-10(21)9-30-14)13(8-25-28)26-19(29)16-18(24)31-20(27-16)15-11(22)5-3-6-12(15)23/h3,5-6,8,10,14H,2,4,7,9,24H2,1H3,(H,26,29)/t10-,14?/m0/s1. The normalized spacial score (nSPS) is 19.2. The van der Waals surface area contributed by atoms with Gasteiger partial charge in [-0.2, -0.15) is 5.10 Å². The quantitative estimate of drug-likeness (QED) is 0.619. The Morgan fingerprint density at radius 1 is 1.32 bits per heavy atom. The van der Waals surface area contributed by atoms with Crippen molar-refractivity contribution in [3.05, 3.63) is 47.4 Å². The molecule has 31 heavy (non-hydrogen) atoms. The van der Waals surface area contributed by atoms with Crippen LogP contribution in [0.5, 0.6) is 0 Å². The molecule has 1 aliphatic heterocycles. The number of nitrogens with zero attached hydrogens (tertiary/aromatic N) is 3. The Morgan fingerprint density at radius 2 is 2.06 bits per heavy atom. The van der Waals surface area contributed by atoms with Crippen molar-refractivity contribution in [2.75, 3.05) is 17.7 Å². The number of aromatic nitrogens is 3. The smallest absolute Gasteiger partial charge is 0.277 e. The molecule has 1 aromatic carbocycles. The van der Waals surface area contributed by atoms with E-state index in [9.17, 15) is 18.0 Å². The molecule has 0 saturated carbocycles. The Hall–Kier alpha value is -2.92. The summed E-state index contributed by atoms with van der Waals surface area (Å²) in [5, 5.41) is 6.84. The molecular formula is C20H20F3N5O2S. The highest BCUT2D eigenvalue weighted by Crippen LogP contribution is 2.35. The van der Waals surface area contributed by atoms with Crippen LogP contribution >= 0.6 is 11.3 Å². The number of hydrogen-bond acceptors (Lipinski definition) is 6. The van der Waals surface area contributed by atoms with E-state index in [2.05, 4.69) is 15.4 Å². The highest BCUT2D eigenvalue weighted by molar-refractivity contribution is 7.19. The number of nitrogens with two attached hydrogens (primary N) is 1. The Kier molecular flexibility index (Phi) is 5.96. The number of aryl methyl sites for hydroxylation is 1. The summed E-state index contributed by atoms with van der Waals surface area (Å²) in [4.78, 5) is 16.9. The topological polar surface area (TPSA) is 95.1 Å². The molecule has 2 aromatic heterocycles. The number of thiazole rings is 1. The number of ether oxygens (including phenoxy) is 1. The first-order chi connectivity index (χ1) is 14.8. The van der Waals surface area contributed by atoms with E-state index in [0.29, 0.717) is 30.6 Å². The number of rotatable bonds is 4. The molecule has 0 spiro atoms. The van der Waals surface area contributed by atoms with Crippen molar-refractivity contribution < 1.29 is 22.7 Å². The molecule has 4 rings (SSSR count). The molecule has 3 N–H and O–H groups in total. The molecule has 1 aliphatic rings. The summed E-state index contributed by atoms with van der Waals surface area (Å²) in [6.45, 7) is -0.0279. The molecule has 1 unspecified atom stereocenters. The van der Waals surface area contributed by atoms with Crippen molar-refractivity contribution in [3.63, 3.8) is 0 Å². The zero-order valence-corrected chi connectivity index (χ0v) is 17.4. The van der Waals surface area contributed by atoms with Crippen LogP contribution in [0.2, 0.25) is 0 Å². The summed E-state index contributed by atoms with van der Waals surface area (Å²) in [6, 6.07) is 3.45. The third-order valence-corrected chi connectivity index (χ3v) is 5.95. The number of benzene rings is 1. The lowest BCUT2D eigenvalue weighted by Gasteiger charge is -2.17. The van der Waals surface area contributed by atoms with E-state index >= 15 is 0 Å². The predicted octanol–water partition coefficient (Wildman–Crippen LogP) is 4.24. The Bertz CT molecular complexity index is 1100. The highest BCUT2D eigenvalue weighted by Gasteiger charge is 2.27. The molecule has 0 aliphatic carbocycles. The second-order valence-electron chi connectivity index (χ2n) is 7.20. The lowest BCUT2D eigenvalue weighted by atomic mass is 10.1. The molecule has 164 valence electrons. The molecule has 3 heterocycles. The molecule has 2 atom stereocenters. The third kappa shape index (κ3) is 4.28. The van der Waals surface area contributed by atoms with Crippen LogP contribution in [0.3, 0.4) is 0 Å². The van der Waals surface area contributed by atoms with Crippen molar-refractivity contribution in [2.45, 2.75) is 31.5 Å². The molecule has 7 nitrogen and oxygen atoms in total. The summed E-state index contributed by atoms with van der Waals surface area (Å²) in [5.74, 6) is -2.25. The van der Waals surface area contributed by atoms with Gasteiger partial charge in [0.15, 0.2) is 5.69 Å². The van der Waals surface area contributed by atoms with E-state index in [1.165, 1.54) is 12.3 Å². The fourth-order valence-electron chi connectivity index (χ4n) is 3.54. The van der Waals surface area contributed by atoms with E-state index < -0.39 is 29.8 Å². The molecule has 0 radical (unpaired) electrons. The van der Waals surface area contributed by atoms with Gasteiger partial charge < -0.3 is 15.8 Å². The van der Waals surface area contributed by atoms with Crippen molar-refractivity contribution >= 4 is 27.9 Å². The molecular weight excluding hydrogens is 431 g/mol. The van der Waals surface area contributed by atoms with Crippen molar-refractivity contribution in [1.29, 1.82) is 0 Å². The first-order valence-corrected chi connectivity index (χ1v) is 10.5. The van der Waals surface area contributed by atoms with Gasteiger partial charge in [-0.3, -0.25) is 9.48 Å². The summed E-state index contributed by atoms with van der Waals surface area (Å²) in [7, 11) is 1.70. The number of halogens is 3. The van der Waals surface area contributed by atoms with Crippen LogP contribution in [0.25, 0.3) is 10.6 Å². The van der Waals surface area contributed by atoms with Gasteiger partial charge in [0.25, 0.3) is 5.91 Å². The average molecular weight is 451 g/mol. The number of amides is 1. The fourth-order valence-corrected chi connectivity index (χ4v) is 4.42. The lowest BCUT2D eigenvalue weighted by molar-refractivity contribution is 0.0265. The summed E-state index contributed by atoms with van der Waals surface area (Å²) in [5.41, 5.74) is 6.40. The summed E-state index contributed by atoms with van der Waals surface area (Å²) < 4.78 is 49.0. The second-order valence-corrected chi connectivity index (χ2v) is 8.23. The minimum absolute atomic E-state index is 0.0200. The maximum Gasteiger partial charge on any atom is 0.277 e. The van der Waals surface area contributed by atoms with Crippen LogP contribution < -0.4 is 11.1 Å². The number of anilines is 2. The minimum Gasteiger partial charge on any atom is -0.389 e. The average Bonchev–Trinajstić information content (AvgIpc) is 3.19. The third-order valence-electron chi connectivity index (χ3n) is 5.04. The SMILES string of the molecule is Cn1ncc(NC(=O)c2nc(-c3c(F)cccc3F)sc2N)c1C1CCC[C@H](F)CO1. The molecule has 11 heteroatoms. The minimum atomic E-state index is -1.02. The number of carbonyl (C=O) groups excluding carboxylic acids is 1. The van der Waals surface area contributed by atoms with Gasteiger partial charge in [-0.1, -0.05) is 17.4 Å². The zero-order valence-electron chi connectivity index (χ0n) is 16.6. The van der Waals surface area contributed by atoms with Crippen molar-refractivity contribution in [1.82, 2.24) is 14.8 Å². The highest BCUT2D eigenvalue weighted by atomic mass is 32.1. The van der Waals surface area contributed by atoms with Gasteiger partial charge in [0.1, 0.15) is 33.9 Å². The zero-order chi connectivity index (χ0) is 22.1. The van der Waals surface area contributed by atoms with Crippen molar-refractivity contribution in [3.8, 4) is 10.6 Å². The molecule has 3 aromatic rings. The van der Waals surface area contributed by atoms with Gasteiger partial charge in [0.05, 0.1) is 29.7 Å². The number of carbonyl (C=O) groups is 1. The molecule has 1 amide bonds. The van der Waals surface area contributed by atoms with E-state index in [0.717, 1.165) is 23.5 Å². The van der Waals surface area contributed by atoms with E-state index in [-0.39, 0.29) is 27.9 Å². The largest absolute Gasteiger partial charge is 0.389 e. The monoisotopic (exact) mass is 451 g/mol. The van der Waals surface area contributed by atoms with Gasteiger partial charge in [-0.15, -0.1) is 0 Å². The van der Waals surface area contributed by atoms with Gasteiger partial charge in [-0.05, 0) is 31.4 Å². The Labute approximate surface area is 180 Å². The Balaban J connectivity index is 1.60. The van der Waals surface area contributed by atoms with Crippen LogP contribution in [0, 0.1) is 11.6 Å². The number of alkyl halides is 1. The van der Waals surface area contributed by atoms with Crippen LogP contribution in [0.15, 0.2) is 24.4 Å². The molecule has 1 fully saturated rings. The number of hydrogen-bond donors (Lipinski definition) is 2. The molecule has 1 saturated heterocycles. The van der Waals surface area contributed by atoms with Gasteiger partial charge in [0.2, 0.25) is 0 Å². The van der Waals surface area contributed by atoms with Crippen LogP contribution in [-0.2, 0) is 11.8 Å². The second kappa shape index (κ2) is 8.67. The maximum atomic E-state index is 14.1. The Morgan fingerprint density at radius 3 is 2.81 bits per heavy atom. The first kappa shape index (κ1) is 21.3.